The molecule has 56 valence electrons. The van der Waals surface area contributed by atoms with Crippen LogP contribution in [0.25, 0.3) is 0 Å². The molecular formula is C7H11NO2. The maximum absolute atomic E-state index is 10.0. The monoisotopic (exact) mass is 141 g/mol. The van der Waals surface area contributed by atoms with Crippen molar-refractivity contribution in [2.75, 3.05) is 6.54 Å². The second kappa shape index (κ2) is 3.34. The molecule has 0 aromatic carbocycles. The lowest BCUT2D eigenvalue weighted by Gasteiger charge is -2.10. The van der Waals surface area contributed by atoms with E-state index in [4.69, 9.17) is 0 Å². The van der Waals surface area contributed by atoms with Crippen molar-refractivity contribution in [2.24, 2.45) is 5.92 Å². The largest absolute Gasteiger partial charge is 0.265 e. The summed E-state index contributed by atoms with van der Waals surface area (Å²) in [5, 5.41) is 10.0. The van der Waals surface area contributed by atoms with Crippen LogP contribution in [-0.2, 0) is 0 Å². The predicted octanol–water partition coefficient (Wildman–Crippen LogP) is 1.62. The van der Waals surface area contributed by atoms with E-state index in [1.165, 1.54) is 0 Å². The van der Waals surface area contributed by atoms with E-state index in [-0.39, 0.29) is 17.4 Å². The molecule has 3 nitrogen and oxygen atoms in total. The van der Waals surface area contributed by atoms with Crippen LogP contribution >= 0.6 is 0 Å². The van der Waals surface area contributed by atoms with Crippen molar-refractivity contribution in [3.8, 4) is 0 Å². The fourth-order valence-corrected chi connectivity index (χ4v) is 1.23. The summed E-state index contributed by atoms with van der Waals surface area (Å²) in [5.74, 6) is 0.198. The molecule has 0 saturated heterocycles. The fraction of sp³-hybridized carbons (Fsp3) is 0.714. The van der Waals surface area contributed by atoms with Gasteiger partial charge in [-0.15, -0.1) is 0 Å². The Morgan fingerprint density at radius 3 is 3.00 bits per heavy atom. The third-order valence-corrected chi connectivity index (χ3v) is 1.74. The summed E-state index contributed by atoms with van der Waals surface area (Å²) in [4.78, 5) is 9.80. The van der Waals surface area contributed by atoms with Crippen molar-refractivity contribution in [1.82, 2.24) is 0 Å². The van der Waals surface area contributed by atoms with Crippen molar-refractivity contribution in [1.29, 1.82) is 0 Å². The zero-order valence-corrected chi connectivity index (χ0v) is 5.82. The Labute approximate surface area is 59.9 Å². The van der Waals surface area contributed by atoms with Crippen LogP contribution in [0.15, 0.2) is 12.2 Å². The molecule has 0 spiro atoms. The van der Waals surface area contributed by atoms with E-state index in [1.807, 2.05) is 12.2 Å². The molecule has 0 radical (unpaired) electrons. The minimum Gasteiger partial charge on any atom is -0.265 e. The van der Waals surface area contributed by atoms with Gasteiger partial charge in [-0.2, -0.15) is 0 Å². The Morgan fingerprint density at radius 1 is 1.70 bits per heavy atom. The Bertz CT molecular complexity index is 154. The molecule has 0 heterocycles. The van der Waals surface area contributed by atoms with Crippen LogP contribution in [-0.4, -0.2) is 11.5 Å². The van der Waals surface area contributed by atoms with Gasteiger partial charge < -0.3 is 0 Å². The average molecular weight is 141 g/mol. The van der Waals surface area contributed by atoms with Crippen molar-refractivity contribution in [3.05, 3.63) is 22.3 Å². The van der Waals surface area contributed by atoms with Gasteiger partial charge in [0.05, 0.1) is 0 Å². The molecule has 1 rings (SSSR count). The van der Waals surface area contributed by atoms with E-state index in [0.717, 1.165) is 19.3 Å². The molecule has 1 aliphatic carbocycles. The van der Waals surface area contributed by atoms with Crippen molar-refractivity contribution in [2.45, 2.75) is 19.3 Å². The number of hydrogen-bond acceptors (Lipinski definition) is 2. The summed E-state index contributed by atoms with van der Waals surface area (Å²) in [7, 11) is 0. The number of hydrogen-bond donors (Lipinski definition) is 0. The minimum absolute atomic E-state index is 0.108. The molecule has 0 aromatic rings. The highest BCUT2D eigenvalue weighted by Crippen LogP contribution is 2.16. The lowest BCUT2D eigenvalue weighted by atomic mass is 9.96. The van der Waals surface area contributed by atoms with Gasteiger partial charge in [0, 0.05) is 10.8 Å². The molecule has 0 bridgehead atoms. The zero-order valence-electron chi connectivity index (χ0n) is 5.82. The number of nitrogens with zero attached hydrogens (tertiary/aromatic N) is 1. The van der Waals surface area contributed by atoms with E-state index in [9.17, 15) is 10.1 Å². The Balaban J connectivity index is 2.33. The van der Waals surface area contributed by atoms with Crippen LogP contribution in [0.4, 0.5) is 0 Å². The summed E-state index contributed by atoms with van der Waals surface area (Å²) >= 11 is 0. The molecule has 10 heavy (non-hydrogen) atoms. The summed E-state index contributed by atoms with van der Waals surface area (Å²) in [6.45, 7) is 0.108. The maximum Gasteiger partial charge on any atom is 0.210 e. The molecule has 0 fully saturated rings. The summed E-state index contributed by atoms with van der Waals surface area (Å²) in [6.07, 6.45) is 7.19. The lowest BCUT2D eigenvalue weighted by Crippen LogP contribution is -2.13. The normalized spacial score (nSPS) is 24.6. The first-order valence-electron chi connectivity index (χ1n) is 3.57. The zero-order chi connectivity index (χ0) is 7.40. The Morgan fingerprint density at radius 2 is 2.50 bits per heavy atom. The van der Waals surface area contributed by atoms with Gasteiger partial charge in [-0.05, 0) is 19.3 Å². The third kappa shape index (κ3) is 2.17. The van der Waals surface area contributed by atoms with Gasteiger partial charge in [0.25, 0.3) is 0 Å². The first kappa shape index (κ1) is 7.25. The minimum atomic E-state index is -0.236. The molecule has 0 amide bonds. The van der Waals surface area contributed by atoms with E-state index in [2.05, 4.69) is 0 Å². The maximum atomic E-state index is 10.0. The lowest BCUT2D eigenvalue weighted by molar-refractivity contribution is -0.486. The molecule has 0 aromatic heterocycles. The van der Waals surface area contributed by atoms with Crippen LogP contribution in [0.1, 0.15) is 19.3 Å². The molecule has 0 aliphatic heterocycles. The highest BCUT2D eigenvalue weighted by Gasteiger charge is 2.13. The second-order valence-electron chi connectivity index (χ2n) is 2.63. The smallest absolute Gasteiger partial charge is 0.210 e. The van der Waals surface area contributed by atoms with Gasteiger partial charge in [-0.3, -0.25) is 10.1 Å². The predicted molar refractivity (Wildman–Crippen MR) is 38.3 cm³/mol. The van der Waals surface area contributed by atoms with Crippen molar-refractivity contribution in [3.63, 3.8) is 0 Å². The highest BCUT2D eigenvalue weighted by atomic mass is 16.6. The first-order valence-corrected chi connectivity index (χ1v) is 3.57. The van der Waals surface area contributed by atoms with Gasteiger partial charge in [0.2, 0.25) is 6.54 Å². The van der Waals surface area contributed by atoms with Crippen molar-refractivity contribution < 1.29 is 4.92 Å². The van der Waals surface area contributed by atoms with E-state index < -0.39 is 0 Å². The van der Waals surface area contributed by atoms with Crippen LogP contribution in [0.2, 0.25) is 0 Å². The van der Waals surface area contributed by atoms with Gasteiger partial charge >= 0.3 is 0 Å². The number of rotatable bonds is 2. The molecule has 0 unspecified atom stereocenters. The van der Waals surface area contributed by atoms with Crippen molar-refractivity contribution >= 4 is 0 Å². The highest BCUT2D eigenvalue weighted by molar-refractivity contribution is 4.92. The molecule has 3 heteroatoms. The Hall–Kier alpha value is -0.860. The summed E-state index contributed by atoms with van der Waals surface area (Å²) < 4.78 is 0. The third-order valence-electron chi connectivity index (χ3n) is 1.74. The standard InChI is InChI=1S/C7H11NO2/c9-8(10)6-7-4-2-1-3-5-7/h2,4,7H,1,3,5-6H2/t7-/m1/s1. The van der Waals surface area contributed by atoms with E-state index in [1.54, 1.807) is 0 Å². The SMILES string of the molecule is O=[N+]([O-])C[C@@H]1C=CCCC1. The second-order valence-corrected chi connectivity index (χ2v) is 2.63. The Kier molecular flexibility index (Phi) is 2.42. The van der Waals surface area contributed by atoms with Gasteiger partial charge in [0.1, 0.15) is 0 Å². The number of nitro groups is 1. The van der Waals surface area contributed by atoms with Crippen LogP contribution in [0.5, 0.6) is 0 Å². The topological polar surface area (TPSA) is 43.1 Å². The molecule has 0 N–H and O–H groups in total. The molecular weight excluding hydrogens is 130 g/mol. The molecule has 1 atom stereocenters. The van der Waals surface area contributed by atoms with Crippen LogP contribution in [0.3, 0.4) is 0 Å². The van der Waals surface area contributed by atoms with E-state index >= 15 is 0 Å². The van der Waals surface area contributed by atoms with Gasteiger partial charge in [0.15, 0.2) is 0 Å². The quantitative estimate of drug-likeness (QED) is 0.333. The number of allylic oxidation sites excluding steroid dienone is 1. The van der Waals surface area contributed by atoms with E-state index in [0.29, 0.717) is 0 Å². The van der Waals surface area contributed by atoms with Crippen LogP contribution < -0.4 is 0 Å². The molecule has 1 aliphatic rings. The molecule has 0 saturated carbocycles. The summed E-state index contributed by atoms with van der Waals surface area (Å²) in [5.41, 5.74) is 0. The van der Waals surface area contributed by atoms with Gasteiger partial charge in [-0.25, -0.2) is 0 Å². The van der Waals surface area contributed by atoms with Crippen LogP contribution in [0, 0.1) is 16.0 Å². The van der Waals surface area contributed by atoms with Gasteiger partial charge in [-0.1, -0.05) is 12.2 Å². The average Bonchev–Trinajstić information content (AvgIpc) is 1.88. The summed E-state index contributed by atoms with van der Waals surface area (Å²) in [6, 6.07) is 0. The fourth-order valence-electron chi connectivity index (χ4n) is 1.23. The first-order chi connectivity index (χ1) is 4.79.